The molecule has 324 valence electrons. The van der Waals surface area contributed by atoms with Gasteiger partial charge < -0.3 is 68.7 Å². The first-order valence-electron chi connectivity index (χ1n) is 20.1. The number of aliphatic hydroxyl groups is 4. The lowest BCUT2D eigenvalue weighted by molar-refractivity contribution is -0.329. The summed E-state index contributed by atoms with van der Waals surface area (Å²) in [6, 6.07) is 4.68. The zero-order valence-corrected chi connectivity index (χ0v) is 34.2. The molecule has 7 rings (SSSR count). The summed E-state index contributed by atoms with van der Waals surface area (Å²) in [6.45, 7) is 6.86. The number of carbonyl (C=O) groups is 3. The number of ketones is 2. The maximum absolute atomic E-state index is 13.9. The van der Waals surface area contributed by atoms with Gasteiger partial charge in [-0.2, -0.15) is 0 Å². The number of esters is 1. The fourth-order valence-electron chi connectivity index (χ4n) is 9.42. The van der Waals surface area contributed by atoms with Crippen molar-refractivity contribution >= 4 is 17.5 Å². The van der Waals surface area contributed by atoms with E-state index in [9.17, 15) is 45.0 Å². The first-order valence-corrected chi connectivity index (χ1v) is 20.1. The quantitative estimate of drug-likeness (QED) is 0.169. The molecule has 3 saturated heterocycles. The number of likely N-dealkylation sites (N-methyl/N-ethyl adjacent to an activating group) is 1. The molecule has 5 aliphatic rings. The van der Waals surface area contributed by atoms with Crippen molar-refractivity contribution in [1.82, 2.24) is 4.90 Å². The van der Waals surface area contributed by atoms with Gasteiger partial charge in [0.1, 0.15) is 29.3 Å². The lowest BCUT2D eigenvalue weighted by Crippen LogP contribution is -2.61. The fourth-order valence-corrected chi connectivity index (χ4v) is 9.42. The number of phenols is 2. The molecule has 3 heterocycles. The lowest BCUT2D eigenvalue weighted by Gasteiger charge is -2.50. The molecule has 0 saturated carbocycles. The second-order valence-electron chi connectivity index (χ2n) is 16.6. The maximum Gasteiger partial charge on any atom is 0.345 e. The summed E-state index contributed by atoms with van der Waals surface area (Å²) in [5.74, 6) is -4.12. The molecule has 2 aromatic rings. The van der Waals surface area contributed by atoms with E-state index < -0.39 is 120 Å². The number of aliphatic hydroxyl groups excluding tert-OH is 2. The molecule has 17 heteroatoms. The van der Waals surface area contributed by atoms with Crippen LogP contribution in [0.1, 0.15) is 115 Å². The molecule has 3 fully saturated rings. The van der Waals surface area contributed by atoms with Crippen molar-refractivity contribution in [3.05, 3.63) is 57.6 Å². The van der Waals surface area contributed by atoms with Crippen LogP contribution in [0.15, 0.2) is 24.3 Å². The summed E-state index contributed by atoms with van der Waals surface area (Å²) in [5.41, 5.74) is -6.95. The second kappa shape index (κ2) is 16.4. The Bertz CT molecular complexity index is 1940. The summed E-state index contributed by atoms with van der Waals surface area (Å²) >= 11 is 0. The molecule has 0 radical (unpaired) electrons. The van der Waals surface area contributed by atoms with Crippen LogP contribution in [-0.4, -0.2) is 148 Å². The number of fused-ring (bicyclic) bond motifs is 3. The summed E-state index contributed by atoms with van der Waals surface area (Å²) in [4.78, 5) is 43.2. The molecule has 17 nitrogen and oxygen atoms in total. The highest BCUT2D eigenvalue weighted by Crippen LogP contribution is 2.55. The maximum atomic E-state index is 13.9. The van der Waals surface area contributed by atoms with Gasteiger partial charge in [-0.15, -0.1) is 0 Å². The Balaban J connectivity index is 1.15. The van der Waals surface area contributed by atoms with E-state index in [1.165, 1.54) is 18.2 Å². The van der Waals surface area contributed by atoms with Crippen molar-refractivity contribution in [2.24, 2.45) is 0 Å². The minimum atomic E-state index is -2.82. The summed E-state index contributed by atoms with van der Waals surface area (Å²) in [6.07, 6.45) is -7.69. The number of carbonyl (C=O) groups excluding carboxylic acids is 3. The van der Waals surface area contributed by atoms with Crippen molar-refractivity contribution in [1.29, 1.82) is 0 Å². The third kappa shape index (κ3) is 7.37. The van der Waals surface area contributed by atoms with E-state index in [-0.39, 0.29) is 53.1 Å². The van der Waals surface area contributed by atoms with Crippen molar-refractivity contribution in [2.75, 3.05) is 21.2 Å². The number of ether oxygens (including phenoxy) is 7. The number of rotatable bonds is 9. The van der Waals surface area contributed by atoms with Crippen LogP contribution in [0.5, 0.6) is 11.5 Å². The number of aromatic hydroxyl groups is 2. The van der Waals surface area contributed by atoms with Crippen molar-refractivity contribution < 1.29 is 78.2 Å². The van der Waals surface area contributed by atoms with Crippen molar-refractivity contribution in [3.63, 3.8) is 0 Å². The number of phenolic OH excluding ortho intramolecular Hbond substituents is 2. The van der Waals surface area contributed by atoms with Gasteiger partial charge in [-0.25, -0.2) is 4.79 Å². The molecule has 2 aliphatic carbocycles. The smallest absolute Gasteiger partial charge is 0.345 e. The van der Waals surface area contributed by atoms with E-state index in [2.05, 4.69) is 0 Å². The molecular weight excluding hydrogens is 774 g/mol. The minimum absolute atomic E-state index is 0.0911. The Kier molecular flexibility index (Phi) is 12.1. The molecule has 0 aromatic heterocycles. The Labute approximate surface area is 341 Å². The third-order valence-electron chi connectivity index (χ3n) is 12.8. The summed E-state index contributed by atoms with van der Waals surface area (Å²) in [5, 5.41) is 68.2. The summed E-state index contributed by atoms with van der Waals surface area (Å²) < 4.78 is 42.5. The number of nitrogens with zero attached hydrogens (tertiary/aromatic N) is 1. The van der Waals surface area contributed by atoms with E-state index in [0.29, 0.717) is 12.8 Å². The zero-order valence-electron chi connectivity index (χ0n) is 34.2. The zero-order chi connectivity index (χ0) is 42.9. The third-order valence-corrected chi connectivity index (χ3v) is 12.8. The minimum Gasteiger partial charge on any atom is -0.507 e. The highest BCUT2D eigenvalue weighted by Gasteiger charge is 2.63. The first kappa shape index (κ1) is 43.5. The standard InChI is InChI=1S/C42H55NO16/c1-8-41(51)17-28(34-23(42(41,52)40(50)53-7)14-22-33(37(34)49)36(48)32-21(35(22)47)10-9-11-26(32)45)57-30-15-24(43(5)6)38(19(3)55-30)59-31-16-27(46)39(20(4)56-31)58-29-13-12-25(44)18(2)54-29/h9-11,14,18-20,24-25,27-31,38-39,44-46,49,51-52H,8,12-13,15-17H2,1-7H3/t18-,19-,20-,24-,25-,27-,28-,29-,30+,31+,38+,39+,41+,42-/m1/s1. The van der Waals surface area contributed by atoms with E-state index in [1.807, 2.05) is 19.0 Å². The van der Waals surface area contributed by atoms with Gasteiger partial charge in [0.15, 0.2) is 24.7 Å². The SMILES string of the molecule is CC[C@]1(O)C[C@@H](O[C@H]2C[C@@H](N(C)C)[C@@H](O[C@H]3C[C@@H](O)[C@@H](O[C@@H]4CC[C@@H](O)[C@@H](C)O4)[C@@H](C)O3)[C@@H](C)O2)c2c(cc3c(c2O)C(=O)c2c(O)cccc2C3=O)[C@@]1(O)C(=O)OC. The fraction of sp³-hybridized carbons (Fsp3) is 0.643. The molecule has 0 unspecified atom stereocenters. The Morgan fingerprint density at radius 2 is 1.47 bits per heavy atom. The number of hydrogen-bond donors (Lipinski definition) is 6. The van der Waals surface area contributed by atoms with Crippen LogP contribution in [0, 0.1) is 0 Å². The van der Waals surface area contributed by atoms with Crippen LogP contribution in [0.2, 0.25) is 0 Å². The molecule has 0 amide bonds. The lowest BCUT2D eigenvalue weighted by atomic mass is 9.64. The van der Waals surface area contributed by atoms with E-state index >= 15 is 0 Å². The van der Waals surface area contributed by atoms with Crippen LogP contribution in [0.25, 0.3) is 0 Å². The van der Waals surface area contributed by atoms with Gasteiger partial charge >= 0.3 is 5.97 Å². The van der Waals surface area contributed by atoms with Gasteiger partial charge in [-0.1, -0.05) is 19.1 Å². The molecule has 0 bridgehead atoms. The predicted molar refractivity (Wildman–Crippen MR) is 203 cm³/mol. The van der Waals surface area contributed by atoms with E-state index in [1.54, 1.807) is 27.7 Å². The van der Waals surface area contributed by atoms with Crippen LogP contribution in [0.3, 0.4) is 0 Å². The molecule has 6 N–H and O–H groups in total. The average molecular weight is 830 g/mol. The number of methoxy groups -OCH3 is 1. The van der Waals surface area contributed by atoms with Crippen molar-refractivity contribution in [3.8, 4) is 11.5 Å². The molecule has 59 heavy (non-hydrogen) atoms. The van der Waals surface area contributed by atoms with Crippen LogP contribution in [-0.2, 0) is 43.6 Å². The highest BCUT2D eigenvalue weighted by molar-refractivity contribution is 6.30. The monoisotopic (exact) mass is 829 g/mol. The molecule has 14 atom stereocenters. The van der Waals surface area contributed by atoms with Gasteiger partial charge in [0.05, 0.1) is 54.9 Å². The molecule has 2 aromatic carbocycles. The Morgan fingerprint density at radius 1 is 0.831 bits per heavy atom. The predicted octanol–water partition coefficient (Wildman–Crippen LogP) is 2.05. The second-order valence-corrected chi connectivity index (χ2v) is 16.6. The first-order chi connectivity index (χ1) is 27.8. The van der Waals surface area contributed by atoms with Gasteiger partial charge in [-0.05, 0) is 59.8 Å². The normalized spacial score (nSPS) is 38.4. The van der Waals surface area contributed by atoms with Crippen LogP contribution < -0.4 is 0 Å². The highest BCUT2D eigenvalue weighted by atomic mass is 16.7. The van der Waals surface area contributed by atoms with E-state index in [4.69, 9.17) is 33.2 Å². The Morgan fingerprint density at radius 3 is 2.10 bits per heavy atom. The summed E-state index contributed by atoms with van der Waals surface area (Å²) in [7, 11) is 4.71. The topological polar surface area (TPSA) is 240 Å². The van der Waals surface area contributed by atoms with Gasteiger partial charge in [-0.3, -0.25) is 9.59 Å². The molecule has 3 aliphatic heterocycles. The average Bonchev–Trinajstić information content (AvgIpc) is 3.18. The number of benzene rings is 2. The largest absolute Gasteiger partial charge is 0.507 e. The molecular formula is C42H55NO16. The molecule has 0 spiro atoms. The Hall–Kier alpha value is -3.59. The van der Waals surface area contributed by atoms with Gasteiger partial charge in [0.25, 0.3) is 0 Å². The van der Waals surface area contributed by atoms with E-state index in [0.717, 1.165) is 13.2 Å². The van der Waals surface area contributed by atoms with Crippen molar-refractivity contribution in [2.45, 2.75) is 151 Å². The van der Waals surface area contributed by atoms with Crippen LogP contribution >= 0.6 is 0 Å². The van der Waals surface area contributed by atoms with Gasteiger partial charge in [0.2, 0.25) is 11.4 Å². The van der Waals surface area contributed by atoms with Gasteiger partial charge in [0, 0.05) is 54.0 Å². The van der Waals surface area contributed by atoms with Crippen LogP contribution in [0.4, 0.5) is 0 Å². The number of hydrogen-bond acceptors (Lipinski definition) is 17.